The summed E-state index contributed by atoms with van der Waals surface area (Å²) in [6, 6.07) is -0.249. The second-order valence-corrected chi connectivity index (χ2v) is 3.39. The van der Waals surface area contributed by atoms with Crippen molar-refractivity contribution in [2.45, 2.75) is 38.5 Å². The van der Waals surface area contributed by atoms with Crippen LogP contribution >= 0.6 is 0 Å². The highest BCUT2D eigenvalue weighted by Gasteiger charge is 2.27. The molecule has 1 aromatic rings. The molecule has 0 amide bonds. The molecule has 0 aliphatic heterocycles. The first kappa shape index (κ1) is 12.0. The van der Waals surface area contributed by atoms with E-state index in [9.17, 15) is 13.2 Å². The van der Waals surface area contributed by atoms with E-state index in [1.807, 2.05) is 6.92 Å². The first-order valence-electron chi connectivity index (χ1n) is 4.76. The smallest absolute Gasteiger partial charge is 0.333 e. The lowest BCUT2D eigenvalue weighted by molar-refractivity contribution is -0.136. The van der Waals surface area contributed by atoms with Crippen LogP contribution in [0.3, 0.4) is 0 Å². The Morgan fingerprint density at radius 1 is 1.53 bits per heavy atom. The molecule has 0 saturated carbocycles. The van der Waals surface area contributed by atoms with Gasteiger partial charge in [0.15, 0.2) is 0 Å². The standard InChI is InChI=1S/C9H14F3N3/c1-2-7(13)8-5-14-6-15(8)4-3-9(10,11)12/h5-7H,2-4,13H2,1H3/t7-/m1/s1. The van der Waals surface area contributed by atoms with Crippen LogP contribution in [0.5, 0.6) is 0 Å². The number of halogens is 3. The van der Waals surface area contributed by atoms with Crippen molar-refractivity contribution in [3.63, 3.8) is 0 Å². The van der Waals surface area contributed by atoms with Crippen LogP contribution in [0.25, 0.3) is 0 Å². The lowest BCUT2D eigenvalue weighted by Gasteiger charge is -2.13. The highest BCUT2D eigenvalue weighted by molar-refractivity contribution is 5.04. The van der Waals surface area contributed by atoms with Crippen molar-refractivity contribution in [1.29, 1.82) is 0 Å². The molecule has 0 fully saturated rings. The van der Waals surface area contributed by atoms with E-state index in [4.69, 9.17) is 5.73 Å². The van der Waals surface area contributed by atoms with Crippen LogP contribution in [-0.4, -0.2) is 15.7 Å². The summed E-state index contributed by atoms with van der Waals surface area (Å²) in [5.41, 5.74) is 6.39. The van der Waals surface area contributed by atoms with E-state index in [1.165, 1.54) is 17.1 Å². The summed E-state index contributed by atoms with van der Waals surface area (Å²) in [7, 11) is 0. The quantitative estimate of drug-likeness (QED) is 0.847. The number of aryl methyl sites for hydroxylation is 1. The molecule has 6 heteroatoms. The van der Waals surface area contributed by atoms with Crippen LogP contribution in [0, 0.1) is 0 Å². The highest BCUT2D eigenvalue weighted by Crippen LogP contribution is 2.21. The second kappa shape index (κ2) is 4.65. The van der Waals surface area contributed by atoms with Crippen molar-refractivity contribution in [2.75, 3.05) is 0 Å². The minimum absolute atomic E-state index is 0.119. The maximum absolute atomic E-state index is 12.0. The van der Waals surface area contributed by atoms with Crippen molar-refractivity contribution < 1.29 is 13.2 Å². The van der Waals surface area contributed by atoms with E-state index in [-0.39, 0.29) is 12.6 Å². The van der Waals surface area contributed by atoms with Crippen LogP contribution in [0.1, 0.15) is 31.5 Å². The number of hydrogen-bond acceptors (Lipinski definition) is 2. The maximum Gasteiger partial charge on any atom is 0.390 e. The van der Waals surface area contributed by atoms with Gasteiger partial charge in [-0.15, -0.1) is 0 Å². The molecule has 0 radical (unpaired) electrons. The Morgan fingerprint density at radius 2 is 2.20 bits per heavy atom. The summed E-state index contributed by atoms with van der Waals surface area (Å²) in [6.07, 6.45) is -1.41. The topological polar surface area (TPSA) is 43.8 Å². The molecule has 2 N–H and O–H groups in total. The monoisotopic (exact) mass is 221 g/mol. The van der Waals surface area contributed by atoms with Gasteiger partial charge in [-0.05, 0) is 6.42 Å². The van der Waals surface area contributed by atoms with Crippen molar-refractivity contribution in [1.82, 2.24) is 9.55 Å². The summed E-state index contributed by atoms with van der Waals surface area (Å²) in [5.74, 6) is 0. The summed E-state index contributed by atoms with van der Waals surface area (Å²) >= 11 is 0. The van der Waals surface area contributed by atoms with Crippen LogP contribution in [0.2, 0.25) is 0 Å². The molecule has 86 valence electrons. The van der Waals surface area contributed by atoms with Gasteiger partial charge >= 0.3 is 6.18 Å². The number of alkyl halides is 3. The van der Waals surface area contributed by atoms with E-state index < -0.39 is 12.6 Å². The number of aromatic nitrogens is 2. The number of imidazole rings is 1. The molecule has 3 nitrogen and oxygen atoms in total. The van der Waals surface area contributed by atoms with Gasteiger partial charge in [-0.3, -0.25) is 0 Å². The Balaban J connectivity index is 2.65. The molecule has 15 heavy (non-hydrogen) atoms. The zero-order chi connectivity index (χ0) is 11.5. The van der Waals surface area contributed by atoms with E-state index in [0.29, 0.717) is 12.1 Å². The lowest BCUT2D eigenvalue weighted by Crippen LogP contribution is -2.17. The predicted molar refractivity (Wildman–Crippen MR) is 50.1 cm³/mol. The lowest BCUT2D eigenvalue weighted by atomic mass is 10.2. The number of rotatable bonds is 4. The summed E-state index contributed by atoms with van der Waals surface area (Å²) in [5, 5.41) is 0. The molecule has 0 aromatic carbocycles. The SMILES string of the molecule is CC[C@@H](N)c1cncn1CCC(F)(F)F. The Labute approximate surface area is 86.1 Å². The van der Waals surface area contributed by atoms with Gasteiger partial charge in [0.05, 0.1) is 18.4 Å². The minimum atomic E-state index is -4.14. The van der Waals surface area contributed by atoms with Gasteiger partial charge in [-0.2, -0.15) is 13.2 Å². The fourth-order valence-corrected chi connectivity index (χ4v) is 1.28. The van der Waals surface area contributed by atoms with Gasteiger partial charge < -0.3 is 10.3 Å². The summed E-state index contributed by atoms with van der Waals surface area (Å²) in [4.78, 5) is 3.81. The molecule has 0 bridgehead atoms. The average molecular weight is 221 g/mol. The third-order valence-corrected chi connectivity index (χ3v) is 2.20. The van der Waals surface area contributed by atoms with Crippen molar-refractivity contribution >= 4 is 0 Å². The van der Waals surface area contributed by atoms with Crippen LogP contribution < -0.4 is 5.73 Å². The first-order chi connectivity index (χ1) is 6.94. The van der Waals surface area contributed by atoms with E-state index in [0.717, 1.165) is 0 Å². The van der Waals surface area contributed by atoms with Gasteiger partial charge in [0.25, 0.3) is 0 Å². The van der Waals surface area contributed by atoms with E-state index in [2.05, 4.69) is 4.98 Å². The molecule has 0 aliphatic carbocycles. The second-order valence-electron chi connectivity index (χ2n) is 3.39. The predicted octanol–water partition coefficient (Wildman–Crippen LogP) is 2.25. The Bertz CT molecular complexity index is 306. The van der Waals surface area contributed by atoms with Gasteiger partial charge in [0.2, 0.25) is 0 Å². The molecule has 0 spiro atoms. The van der Waals surface area contributed by atoms with E-state index >= 15 is 0 Å². The molecule has 0 saturated heterocycles. The Morgan fingerprint density at radius 3 is 2.73 bits per heavy atom. The number of nitrogens with zero attached hydrogens (tertiary/aromatic N) is 2. The van der Waals surface area contributed by atoms with Crippen molar-refractivity contribution in [2.24, 2.45) is 5.73 Å². The first-order valence-corrected chi connectivity index (χ1v) is 4.76. The van der Waals surface area contributed by atoms with E-state index in [1.54, 1.807) is 0 Å². The number of hydrogen-bond donors (Lipinski definition) is 1. The molecule has 1 aromatic heterocycles. The van der Waals surface area contributed by atoms with Crippen LogP contribution in [0.4, 0.5) is 13.2 Å². The Hall–Kier alpha value is -1.04. The van der Waals surface area contributed by atoms with Gasteiger partial charge in [0.1, 0.15) is 0 Å². The third kappa shape index (κ3) is 3.54. The van der Waals surface area contributed by atoms with Gasteiger partial charge in [-0.1, -0.05) is 6.92 Å². The minimum Gasteiger partial charge on any atom is -0.333 e. The summed E-state index contributed by atoms with van der Waals surface area (Å²) < 4.78 is 37.5. The molecule has 0 unspecified atom stereocenters. The summed E-state index contributed by atoms with van der Waals surface area (Å²) in [6.45, 7) is 1.76. The largest absolute Gasteiger partial charge is 0.390 e. The molecular weight excluding hydrogens is 207 g/mol. The van der Waals surface area contributed by atoms with Crippen molar-refractivity contribution in [3.8, 4) is 0 Å². The average Bonchev–Trinajstić information content (AvgIpc) is 2.60. The number of nitrogens with two attached hydrogens (primary N) is 1. The Kier molecular flexibility index (Phi) is 3.73. The van der Waals surface area contributed by atoms with Gasteiger partial charge in [-0.25, -0.2) is 4.98 Å². The van der Waals surface area contributed by atoms with Crippen LogP contribution in [0.15, 0.2) is 12.5 Å². The molecule has 1 atom stereocenters. The normalized spacial score (nSPS) is 14.2. The van der Waals surface area contributed by atoms with Crippen LogP contribution in [-0.2, 0) is 6.54 Å². The molecular formula is C9H14F3N3. The zero-order valence-corrected chi connectivity index (χ0v) is 8.46. The fraction of sp³-hybridized carbons (Fsp3) is 0.667. The molecule has 0 aliphatic rings. The maximum atomic E-state index is 12.0. The molecule has 1 heterocycles. The fourth-order valence-electron chi connectivity index (χ4n) is 1.28. The van der Waals surface area contributed by atoms with Crippen molar-refractivity contribution in [3.05, 3.63) is 18.2 Å². The zero-order valence-electron chi connectivity index (χ0n) is 8.46. The third-order valence-electron chi connectivity index (χ3n) is 2.20. The van der Waals surface area contributed by atoms with Gasteiger partial charge in [0, 0.05) is 18.8 Å². The highest BCUT2D eigenvalue weighted by atomic mass is 19.4. The molecule has 1 rings (SSSR count).